The van der Waals surface area contributed by atoms with Crippen molar-refractivity contribution in [3.8, 4) is 11.1 Å². The second kappa shape index (κ2) is 5.73. The molecule has 0 aliphatic carbocycles. The number of halogens is 8. The van der Waals surface area contributed by atoms with Gasteiger partial charge in [-0.05, 0) is 6.07 Å². The Labute approximate surface area is 127 Å². The van der Waals surface area contributed by atoms with E-state index in [9.17, 15) is 45.2 Å². The van der Waals surface area contributed by atoms with Crippen LogP contribution in [-0.4, -0.2) is 4.92 Å². The lowest BCUT2D eigenvalue weighted by Gasteiger charge is -2.15. The van der Waals surface area contributed by atoms with Gasteiger partial charge >= 0.3 is 6.18 Å². The molecule has 0 aromatic heterocycles. The largest absolute Gasteiger partial charge is 0.417 e. The number of nitrogens with zero attached hydrogens (tertiary/aromatic N) is 1. The van der Waals surface area contributed by atoms with Crippen molar-refractivity contribution in [2.45, 2.75) is 6.18 Å². The van der Waals surface area contributed by atoms with Crippen molar-refractivity contribution in [2.75, 3.05) is 0 Å². The number of hydrogen-bond donors (Lipinski definition) is 0. The average Bonchev–Trinajstić information content (AvgIpc) is 2.50. The summed E-state index contributed by atoms with van der Waals surface area (Å²) in [6, 6.07) is 0.588. The fourth-order valence-corrected chi connectivity index (χ4v) is 1.94. The van der Waals surface area contributed by atoms with E-state index in [0.29, 0.717) is 6.07 Å². The molecule has 0 heterocycles. The van der Waals surface area contributed by atoms with Crippen molar-refractivity contribution in [1.82, 2.24) is 0 Å². The van der Waals surface area contributed by atoms with Crippen LogP contribution < -0.4 is 0 Å². The van der Waals surface area contributed by atoms with E-state index >= 15 is 0 Å². The summed E-state index contributed by atoms with van der Waals surface area (Å²) >= 11 is 0. The Morgan fingerprint density at radius 3 is 1.71 bits per heavy atom. The maximum absolute atomic E-state index is 13.7. The third-order valence-corrected chi connectivity index (χ3v) is 3.00. The van der Waals surface area contributed by atoms with Gasteiger partial charge in [-0.2, -0.15) is 13.2 Å². The summed E-state index contributed by atoms with van der Waals surface area (Å²) < 4.78 is 106. The van der Waals surface area contributed by atoms with Gasteiger partial charge in [0.05, 0.1) is 16.1 Å². The molecule has 2 aromatic rings. The van der Waals surface area contributed by atoms with Crippen LogP contribution in [0.1, 0.15) is 5.56 Å². The first-order valence-corrected chi connectivity index (χ1v) is 5.84. The molecule has 0 atom stereocenters. The quantitative estimate of drug-likeness (QED) is 0.250. The standard InChI is InChI=1S/C13H3F8NO2/c14-8-7(9(15)11(17)12(18)10(8)16)5-3-4(22(23)24)1-2-6(5)13(19,20)21/h1-3H. The molecule has 0 aliphatic rings. The van der Waals surface area contributed by atoms with E-state index in [4.69, 9.17) is 0 Å². The topological polar surface area (TPSA) is 43.1 Å². The smallest absolute Gasteiger partial charge is 0.258 e. The Morgan fingerprint density at radius 1 is 0.833 bits per heavy atom. The molecule has 0 spiro atoms. The lowest BCUT2D eigenvalue weighted by Crippen LogP contribution is -2.11. The molecule has 0 aliphatic heterocycles. The minimum atomic E-state index is -5.26. The highest BCUT2D eigenvalue weighted by atomic mass is 19.4. The van der Waals surface area contributed by atoms with Crippen LogP contribution in [-0.2, 0) is 6.18 Å². The summed E-state index contributed by atoms with van der Waals surface area (Å²) in [5, 5.41) is 10.6. The van der Waals surface area contributed by atoms with Gasteiger partial charge in [0.2, 0.25) is 5.82 Å². The van der Waals surface area contributed by atoms with Gasteiger partial charge in [0.1, 0.15) is 0 Å². The fraction of sp³-hybridized carbons (Fsp3) is 0.0769. The normalized spacial score (nSPS) is 11.7. The van der Waals surface area contributed by atoms with Crippen LogP contribution in [0.3, 0.4) is 0 Å². The molecular weight excluding hydrogens is 354 g/mol. The third-order valence-electron chi connectivity index (χ3n) is 3.00. The summed E-state index contributed by atoms with van der Waals surface area (Å²) in [5.74, 6) is -12.6. The van der Waals surface area contributed by atoms with Gasteiger partial charge in [-0.3, -0.25) is 10.1 Å². The molecule has 2 rings (SSSR count). The highest BCUT2D eigenvalue weighted by molar-refractivity contribution is 5.72. The molecule has 0 saturated heterocycles. The lowest BCUT2D eigenvalue weighted by atomic mass is 9.97. The summed E-state index contributed by atoms with van der Waals surface area (Å²) in [7, 11) is 0. The van der Waals surface area contributed by atoms with Crippen molar-refractivity contribution in [1.29, 1.82) is 0 Å². The molecule has 0 amide bonds. The predicted octanol–water partition coefficient (Wildman–Crippen LogP) is 4.98. The molecule has 0 bridgehead atoms. The van der Waals surface area contributed by atoms with Crippen LogP contribution in [0.4, 0.5) is 40.8 Å². The van der Waals surface area contributed by atoms with E-state index in [0.717, 1.165) is 0 Å². The van der Waals surface area contributed by atoms with E-state index in [1.165, 1.54) is 0 Å². The summed E-state index contributed by atoms with van der Waals surface area (Å²) in [6.45, 7) is 0. The Hall–Kier alpha value is -2.72. The fourth-order valence-electron chi connectivity index (χ4n) is 1.94. The molecule has 11 heteroatoms. The van der Waals surface area contributed by atoms with Crippen LogP contribution in [0.2, 0.25) is 0 Å². The van der Waals surface area contributed by atoms with Gasteiger partial charge in [0, 0.05) is 17.7 Å². The Bertz CT molecular complexity index is 818. The van der Waals surface area contributed by atoms with Gasteiger partial charge in [-0.15, -0.1) is 0 Å². The molecule has 0 N–H and O–H groups in total. The first-order chi connectivity index (χ1) is 11.0. The second-order valence-electron chi connectivity index (χ2n) is 4.43. The average molecular weight is 357 g/mol. The van der Waals surface area contributed by atoms with Crippen LogP contribution in [0.15, 0.2) is 18.2 Å². The zero-order valence-corrected chi connectivity index (χ0v) is 11.0. The maximum atomic E-state index is 13.7. The van der Waals surface area contributed by atoms with Gasteiger partial charge in [-0.1, -0.05) is 0 Å². The van der Waals surface area contributed by atoms with E-state index in [1.807, 2.05) is 0 Å². The van der Waals surface area contributed by atoms with Gasteiger partial charge < -0.3 is 0 Å². The van der Waals surface area contributed by atoms with Crippen LogP contribution >= 0.6 is 0 Å². The first kappa shape index (κ1) is 17.6. The van der Waals surface area contributed by atoms with Crippen LogP contribution in [0, 0.1) is 39.2 Å². The first-order valence-electron chi connectivity index (χ1n) is 5.84. The molecule has 128 valence electrons. The van der Waals surface area contributed by atoms with E-state index in [-0.39, 0.29) is 12.1 Å². The minimum absolute atomic E-state index is 0.0844. The third kappa shape index (κ3) is 2.76. The Kier molecular flexibility index (Phi) is 4.21. The molecule has 3 nitrogen and oxygen atoms in total. The van der Waals surface area contributed by atoms with Crippen LogP contribution in [0.25, 0.3) is 11.1 Å². The molecule has 0 saturated carbocycles. The monoisotopic (exact) mass is 357 g/mol. The van der Waals surface area contributed by atoms with Gasteiger partial charge in [0.25, 0.3) is 5.69 Å². The van der Waals surface area contributed by atoms with Crippen molar-refractivity contribution >= 4 is 5.69 Å². The number of nitro benzene ring substituents is 1. The molecule has 24 heavy (non-hydrogen) atoms. The number of alkyl halides is 3. The van der Waals surface area contributed by atoms with Crippen LogP contribution in [0.5, 0.6) is 0 Å². The zero-order valence-electron chi connectivity index (χ0n) is 11.0. The van der Waals surface area contributed by atoms with Gasteiger partial charge in [0.15, 0.2) is 23.3 Å². The van der Waals surface area contributed by atoms with Crippen molar-refractivity contribution in [3.05, 3.63) is 63.0 Å². The van der Waals surface area contributed by atoms with Crippen molar-refractivity contribution in [2.24, 2.45) is 0 Å². The minimum Gasteiger partial charge on any atom is -0.258 e. The van der Waals surface area contributed by atoms with E-state index in [2.05, 4.69) is 0 Å². The maximum Gasteiger partial charge on any atom is 0.417 e. The Balaban J connectivity index is 2.96. The summed E-state index contributed by atoms with van der Waals surface area (Å²) in [4.78, 5) is 9.45. The molecule has 2 aromatic carbocycles. The van der Waals surface area contributed by atoms with Crippen molar-refractivity contribution < 1.29 is 40.0 Å². The molecule has 0 fully saturated rings. The summed E-state index contributed by atoms with van der Waals surface area (Å²) in [6.07, 6.45) is -5.26. The lowest BCUT2D eigenvalue weighted by molar-refractivity contribution is -0.384. The number of nitro groups is 1. The number of rotatable bonds is 2. The number of benzene rings is 2. The van der Waals surface area contributed by atoms with E-state index < -0.39 is 62.6 Å². The number of hydrogen-bond acceptors (Lipinski definition) is 2. The van der Waals surface area contributed by atoms with Gasteiger partial charge in [-0.25, -0.2) is 22.0 Å². The summed E-state index contributed by atoms with van der Waals surface area (Å²) in [5.41, 5.74) is -6.26. The SMILES string of the molecule is O=[N+]([O-])c1ccc(C(F)(F)F)c(-c2c(F)c(F)c(F)c(F)c2F)c1. The second-order valence-corrected chi connectivity index (χ2v) is 4.43. The molecule has 0 unspecified atom stereocenters. The Morgan fingerprint density at radius 2 is 1.29 bits per heavy atom. The number of non-ortho nitro benzene ring substituents is 1. The predicted molar refractivity (Wildman–Crippen MR) is 63.3 cm³/mol. The van der Waals surface area contributed by atoms with E-state index in [1.54, 1.807) is 0 Å². The highest BCUT2D eigenvalue weighted by Gasteiger charge is 2.38. The highest BCUT2D eigenvalue weighted by Crippen LogP contribution is 2.41. The molecular formula is C13H3F8NO2. The zero-order chi connectivity index (χ0) is 18.4. The molecule has 0 radical (unpaired) electrons. The van der Waals surface area contributed by atoms with Crippen molar-refractivity contribution in [3.63, 3.8) is 0 Å².